The van der Waals surface area contributed by atoms with Crippen LogP contribution in [0.4, 0.5) is 0 Å². The third kappa shape index (κ3) is 6.88. The van der Waals surface area contributed by atoms with Crippen LogP contribution in [0.5, 0.6) is 5.88 Å². The highest BCUT2D eigenvalue weighted by atomic mass is 16.3. The van der Waals surface area contributed by atoms with E-state index in [2.05, 4.69) is 5.10 Å². The predicted molar refractivity (Wildman–Crippen MR) is 253 cm³/mol. The molecule has 10 rings (SSSR count). The van der Waals surface area contributed by atoms with Crippen LogP contribution in [-0.2, 0) is 4.79 Å². The van der Waals surface area contributed by atoms with Crippen LogP contribution < -0.4 is 0 Å². The van der Waals surface area contributed by atoms with Gasteiger partial charge in [0.25, 0.3) is 23.6 Å². The summed E-state index contributed by atoms with van der Waals surface area (Å²) in [6.07, 6.45) is 6.10. The first-order valence-corrected chi connectivity index (χ1v) is 22.3. The fourth-order valence-corrected chi connectivity index (χ4v) is 10.2. The van der Waals surface area contributed by atoms with Crippen LogP contribution in [0.25, 0.3) is 32.8 Å². The van der Waals surface area contributed by atoms with Gasteiger partial charge in [0.05, 0.1) is 34.2 Å². The second kappa shape index (κ2) is 16.4. The SMILES string of the molecule is Cc1cc(C)c(-n2nc(C)c(C3=C(O)/C(=C4C=C/C(=[N+](\CCCCN5C(=O)c6cccc7cccc(c67)C5=O)CCCN5C(=O)c6cccc7cccc(c67)C5=O)C=C/4O)C3=O)c2O)c(C)c1. The van der Waals surface area contributed by atoms with Gasteiger partial charge in [0.1, 0.15) is 24.6 Å². The van der Waals surface area contributed by atoms with Crippen LogP contribution >= 0.6 is 0 Å². The summed E-state index contributed by atoms with van der Waals surface area (Å²) in [6, 6.07) is 25.6. The molecule has 5 aromatic carbocycles. The van der Waals surface area contributed by atoms with E-state index in [9.17, 15) is 39.3 Å². The van der Waals surface area contributed by atoms with Gasteiger partial charge in [0.2, 0.25) is 17.4 Å². The van der Waals surface area contributed by atoms with E-state index >= 15 is 0 Å². The van der Waals surface area contributed by atoms with E-state index in [1.165, 1.54) is 20.6 Å². The maximum absolute atomic E-state index is 13.9. The van der Waals surface area contributed by atoms with Gasteiger partial charge in [-0.15, -0.1) is 0 Å². The third-order valence-corrected chi connectivity index (χ3v) is 13.3. The molecule has 1 aromatic heterocycles. The number of rotatable bonds is 11. The Morgan fingerprint density at radius 3 is 1.58 bits per heavy atom. The number of amides is 4. The number of carbonyl (C=O) groups is 5. The number of benzene rings is 5. The van der Waals surface area contributed by atoms with Gasteiger partial charge >= 0.3 is 0 Å². The highest BCUT2D eigenvalue weighted by molar-refractivity contribution is 6.40. The first-order valence-electron chi connectivity index (χ1n) is 22.3. The predicted octanol–water partition coefficient (Wildman–Crippen LogP) is 8.49. The van der Waals surface area contributed by atoms with Gasteiger partial charge in [0, 0.05) is 70.6 Å². The zero-order chi connectivity index (χ0) is 47.0. The molecule has 3 heterocycles. The molecular formula is C54H46N5O8+. The molecule has 3 N–H and O–H groups in total. The molecule has 67 heavy (non-hydrogen) atoms. The average molecular weight is 893 g/mol. The number of nitrogens with zero attached hydrogens (tertiary/aromatic N) is 5. The lowest BCUT2D eigenvalue weighted by atomic mass is 9.79. The van der Waals surface area contributed by atoms with Gasteiger partial charge < -0.3 is 15.3 Å². The standard InChI is InChI=1S/C54H45N5O8/c1-29-26-30(2)47(31(3)27-29)59-54(67)42(32(4)55-59)46-48(61)45(49(46)62)36-21-20-35(28-41(36)60)56(23-11-25-58-52(65)39-18-9-14-34-15-10-19-40(44(34)39)53(58)66)22-5-6-24-57-50(63)37-16-7-12-33-13-8-17-38(43(33)37)51(57)64/h7-10,12-21,26-28H,5-6,11,22-25H2,1-4H3,(H2,55,60,61,62,67)/p+1. The maximum Gasteiger partial charge on any atom is 0.261 e. The van der Waals surface area contributed by atoms with E-state index in [0.717, 1.165) is 27.5 Å². The van der Waals surface area contributed by atoms with Gasteiger partial charge in [-0.3, -0.25) is 33.8 Å². The molecule has 0 atom stereocenters. The van der Waals surface area contributed by atoms with Crippen molar-refractivity contribution in [1.82, 2.24) is 19.6 Å². The summed E-state index contributed by atoms with van der Waals surface area (Å²) >= 11 is 0. The molecule has 0 saturated carbocycles. The number of Topliss-reactive ketones (excluding diaryl/α,β-unsaturated/α-hetero) is 1. The molecule has 13 nitrogen and oxygen atoms in total. The Bertz CT molecular complexity index is 3290. The number of aryl methyl sites for hydroxylation is 4. The van der Waals surface area contributed by atoms with Crippen molar-refractivity contribution in [1.29, 1.82) is 0 Å². The molecule has 13 heteroatoms. The van der Waals surface area contributed by atoms with E-state index in [-0.39, 0.29) is 76.4 Å². The molecule has 334 valence electrons. The summed E-state index contributed by atoms with van der Waals surface area (Å²) in [5.74, 6) is -2.96. The number of hydrogen-bond acceptors (Lipinski definition) is 9. The van der Waals surface area contributed by atoms with E-state index in [4.69, 9.17) is 0 Å². The molecule has 0 fully saturated rings. The fraction of sp³-hybridized carbons (Fsp3) is 0.204. The van der Waals surface area contributed by atoms with Gasteiger partial charge in [-0.2, -0.15) is 9.78 Å². The zero-order valence-corrected chi connectivity index (χ0v) is 37.4. The Kier molecular flexibility index (Phi) is 10.4. The summed E-state index contributed by atoms with van der Waals surface area (Å²) < 4.78 is 3.35. The lowest BCUT2D eigenvalue weighted by molar-refractivity contribution is -0.527. The van der Waals surface area contributed by atoms with Crippen LogP contribution in [0, 0.1) is 27.7 Å². The molecular weight excluding hydrogens is 847 g/mol. The summed E-state index contributed by atoms with van der Waals surface area (Å²) in [5.41, 5.74) is 6.25. The maximum atomic E-state index is 13.9. The highest BCUT2D eigenvalue weighted by Crippen LogP contribution is 2.45. The first kappa shape index (κ1) is 42.7. The zero-order valence-electron chi connectivity index (χ0n) is 37.4. The second-order valence-corrected chi connectivity index (χ2v) is 17.6. The van der Waals surface area contributed by atoms with Crippen LogP contribution in [0.1, 0.15) is 88.6 Å². The van der Waals surface area contributed by atoms with Crippen molar-refractivity contribution in [3.05, 3.63) is 176 Å². The minimum atomic E-state index is -0.568. The lowest BCUT2D eigenvalue weighted by Gasteiger charge is -2.27. The molecule has 0 spiro atoms. The number of ketones is 1. The van der Waals surface area contributed by atoms with Crippen molar-refractivity contribution >= 4 is 62.2 Å². The number of imide groups is 2. The second-order valence-electron chi connectivity index (χ2n) is 17.6. The molecule has 4 amide bonds. The minimum absolute atomic E-state index is 0.0967. The lowest BCUT2D eigenvalue weighted by Crippen LogP contribution is -2.41. The van der Waals surface area contributed by atoms with Crippen molar-refractivity contribution in [2.24, 2.45) is 0 Å². The molecule has 2 aliphatic heterocycles. The van der Waals surface area contributed by atoms with Crippen molar-refractivity contribution < 1.29 is 43.9 Å². The molecule has 0 radical (unpaired) electrons. The van der Waals surface area contributed by atoms with Gasteiger partial charge in [-0.25, -0.2) is 4.58 Å². The number of carbonyl (C=O) groups excluding carboxylic acids is 5. The van der Waals surface area contributed by atoms with Gasteiger partial charge in [0.15, 0.2) is 0 Å². The smallest absolute Gasteiger partial charge is 0.261 e. The van der Waals surface area contributed by atoms with E-state index in [1.54, 1.807) is 67.6 Å². The number of hydrogen-bond donors (Lipinski definition) is 3. The van der Waals surface area contributed by atoms with Crippen LogP contribution in [0.2, 0.25) is 0 Å². The average Bonchev–Trinajstić information content (AvgIpc) is 3.58. The number of allylic oxidation sites excluding steroid dienone is 5. The van der Waals surface area contributed by atoms with Crippen LogP contribution in [-0.4, -0.2) is 101 Å². The quantitative estimate of drug-likeness (QED) is 0.0499. The summed E-state index contributed by atoms with van der Waals surface area (Å²) in [4.78, 5) is 71.1. The van der Waals surface area contributed by atoms with Gasteiger partial charge in [-0.1, -0.05) is 66.2 Å². The van der Waals surface area contributed by atoms with Crippen LogP contribution in [0.3, 0.4) is 0 Å². The first-order chi connectivity index (χ1) is 32.2. The summed E-state index contributed by atoms with van der Waals surface area (Å²) in [7, 11) is 0. The van der Waals surface area contributed by atoms with Crippen molar-refractivity contribution in [3.63, 3.8) is 0 Å². The molecule has 2 aliphatic carbocycles. The van der Waals surface area contributed by atoms with E-state index < -0.39 is 5.78 Å². The Morgan fingerprint density at radius 2 is 1.09 bits per heavy atom. The van der Waals surface area contributed by atoms with Crippen molar-refractivity contribution in [3.8, 4) is 11.6 Å². The number of aliphatic hydroxyl groups excluding tert-OH is 2. The van der Waals surface area contributed by atoms with E-state index in [0.29, 0.717) is 82.5 Å². The Balaban J connectivity index is 0.916. The van der Waals surface area contributed by atoms with E-state index in [1.807, 2.05) is 61.7 Å². The number of aliphatic hydroxyl groups is 2. The molecule has 0 saturated heterocycles. The minimum Gasteiger partial charge on any atom is -0.507 e. The molecule has 4 aliphatic rings. The topological polar surface area (TPSA) is 173 Å². The monoisotopic (exact) mass is 892 g/mol. The van der Waals surface area contributed by atoms with Gasteiger partial charge in [-0.05, 0) is 86.4 Å². The molecule has 0 bridgehead atoms. The third-order valence-electron chi connectivity index (χ3n) is 13.3. The fourth-order valence-electron chi connectivity index (χ4n) is 10.2. The number of aromatic hydroxyl groups is 1. The summed E-state index contributed by atoms with van der Waals surface area (Å²) in [5, 5.41) is 41.9. The van der Waals surface area contributed by atoms with Crippen molar-refractivity contribution in [2.75, 3.05) is 26.2 Å². The number of unbranched alkanes of at least 4 members (excludes halogenated alkanes) is 1. The molecule has 0 unspecified atom stereocenters. The molecule has 6 aromatic rings. The largest absolute Gasteiger partial charge is 0.507 e. The normalized spacial score (nSPS) is 17.6. The Hall–Kier alpha value is -8.19. The Labute approximate surface area is 385 Å². The Morgan fingerprint density at radius 1 is 0.597 bits per heavy atom. The highest BCUT2D eigenvalue weighted by Gasteiger charge is 2.42. The van der Waals surface area contributed by atoms with Crippen molar-refractivity contribution in [2.45, 2.75) is 47.0 Å². The summed E-state index contributed by atoms with van der Waals surface area (Å²) in [6.45, 7) is 8.47. The number of aromatic nitrogens is 2. The van der Waals surface area contributed by atoms with Crippen LogP contribution in [0.15, 0.2) is 126 Å².